The normalized spacial score (nSPS) is 13.0. The van der Waals surface area contributed by atoms with E-state index in [1.165, 1.54) is 238 Å². The molecule has 0 saturated carbocycles. The topological polar surface area (TPSA) is 95.9 Å². The summed E-state index contributed by atoms with van der Waals surface area (Å²) in [5.41, 5.74) is 0. The lowest BCUT2D eigenvalue weighted by Crippen LogP contribution is -2.46. The number of aliphatic hydroxyl groups is 2. The zero-order valence-electron chi connectivity index (χ0n) is 42.3. The van der Waals surface area contributed by atoms with Crippen molar-refractivity contribution in [2.75, 3.05) is 6.61 Å². The molecule has 0 aromatic carbocycles. The fourth-order valence-electron chi connectivity index (χ4n) is 9.14. The molecule has 370 valence electrons. The van der Waals surface area contributed by atoms with Crippen LogP contribution in [0.3, 0.4) is 0 Å². The van der Waals surface area contributed by atoms with Gasteiger partial charge in [0.2, 0.25) is 5.91 Å². The number of amides is 1. The first-order chi connectivity index (χ1) is 30.5. The Balaban J connectivity index is 4.42. The second-order valence-electron chi connectivity index (χ2n) is 19.7. The Bertz CT molecular complexity index is 898. The van der Waals surface area contributed by atoms with Gasteiger partial charge in [-0.15, -0.1) is 0 Å². The predicted molar refractivity (Wildman–Crippen MR) is 269 cm³/mol. The highest BCUT2D eigenvalue weighted by molar-refractivity contribution is 5.77. The standard InChI is InChI=1S/C56H111NO5/c1-4-7-10-13-16-19-22-25-26-27-28-29-30-31-34-37-40-43-46-49-56(61)62-52(47-44-41-38-35-32-23-20-17-14-11-8-5-2)50-55(60)57-53(51-58)54(59)48-45-42-39-36-33-24-21-18-15-12-9-6-3/h52-54,58-59H,4-51H2,1-3H3,(H,57,60). The zero-order valence-corrected chi connectivity index (χ0v) is 42.3. The Hall–Kier alpha value is -1.14. The molecule has 0 fully saturated rings. The summed E-state index contributed by atoms with van der Waals surface area (Å²) in [4.78, 5) is 26.2. The number of rotatable bonds is 52. The van der Waals surface area contributed by atoms with Crippen LogP contribution in [0.15, 0.2) is 0 Å². The summed E-state index contributed by atoms with van der Waals surface area (Å²) in [5, 5.41) is 23.8. The average molecular weight is 879 g/mol. The minimum atomic E-state index is -0.779. The van der Waals surface area contributed by atoms with Crippen LogP contribution in [0.1, 0.15) is 323 Å². The van der Waals surface area contributed by atoms with Gasteiger partial charge in [-0.3, -0.25) is 9.59 Å². The first-order valence-corrected chi connectivity index (χ1v) is 28.3. The molecule has 6 nitrogen and oxygen atoms in total. The highest BCUT2D eigenvalue weighted by atomic mass is 16.5. The molecule has 0 aliphatic rings. The van der Waals surface area contributed by atoms with Gasteiger partial charge in [0, 0.05) is 6.42 Å². The molecule has 0 aromatic rings. The number of unbranched alkanes of at least 4 members (excludes halogenated alkanes) is 40. The molecule has 3 unspecified atom stereocenters. The van der Waals surface area contributed by atoms with Gasteiger partial charge in [0.25, 0.3) is 0 Å². The third-order valence-electron chi connectivity index (χ3n) is 13.4. The Morgan fingerprint density at radius 1 is 0.403 bits per heavy atom. The van der Waals surface area contributed by atoms with Crippen molar-refractivity contribution in [3.05, 3.63) is 0 Å². The number of aliphatic hydroxyl groups excluding tert-OH is 2. The van der Waals surface area contributed by atoms with Crippen LogP contribution in [-0.2, 0) is 14.3 Å². The number of nitrogens with one attached hydrogen (secondary N) is 1. The van der Waals surface area contributed by atoms with Crippen molar-refractivity contribution in [2.45, 2.75) is 341 Å². The number of carbonyl (C=O) groups excluding carboxylic acids is 2. The molecule has 1 amide bonds. The van der Waals surface area contributed by atoms with Crippen molar-refractivity contribution in [3.63, 3.8) is 0 Å². The van der Waals surface area contributed by atoms with Crippen LogP contribution in [0.5, 0.6) is 0 Å². The molecular weight excluding hydrogens is 767 g/mol. The summed E-state index contributed by atoms with van der Waals surface area (Å²) in [5.74, 6) is -0.447. The van der Waals surface area contributed by atoms with E-state index in [-0.39, 0.29) is 24.9 Å². The van der Waals surface area contributed by atoms with Gasteiger partial charge in [0.1, 0.15) is 6.10 Å². The minimum absolute atomic E-state index is 0.0881. The fraction of sp³-hybridized carbons (Fsp3) is 0.964. The van der Waals surface area contributed by atoms with Crippen molar-refractivity contribution in [1.82, 2.24) is 5.32 Å². The predicted octanol–water partition coefficient (Wildman–Crippen LogP) is 17.1. The second kappa shape index (κ2) is 50.9. The van der Waals surface area contributed by atoms with E-state index in [0.29, 0.717) is 19.3 Å². The summed E-state index contributed by atoms with van der Waals surface area (Å²) in [6.45, 7) is 6.52. The lowest BCUT2D eigenvalue weighted by Gasteiger charge is -2.24. The van der Waals surface area contributed by atoms with Crippen LogP contribution < -0.4 is 5.32 Å². The van der Waals surface area contributed by atoms with Crippen LogP contribution in [0.4, 0.5) is 0 Å². The molecule has 3 N–H and O–H groups in total. The van der Waals surface area contributed by atoms with E-state index in [4.69, 9.17) is 4.74 Å². The summed E-state index contributed by atoms with van der Waals surface area (Å²) >= 11 is 0. The number of carbonyl (C=O) groups is 2. The van der Waals surface area contributed by atoms with Crippen molar-refractivity contribution in [2.24, 2.45) is 0 Å². The highest BCUT2D eigenvalue weighted by Crippen LogP contribution is 2.19. The quantitative estimate of drug-likeness (QED) is 0.0418. The van der Waals surface area contributed by atoms with Gasteiger partial charge in [0.05, 0.1) is 25.2 Å². The first-order valence-electron chi connectivity index (χ1n) is 28.3. The SMILES string of the molecule is CCCCCCCCCCCCCCCCCCCCCC(=O)OC(CCCCCCCCCCCCCC)CC(=O)NC(CO)C(O)CCCCCCCCCCCCCC. The molecule has 0 aromatic heterocycles. The number of hydrogen-bond acceptors (Lipinski definition) is 5. The summed E-state index contributed by atoms with van der Waals surface area (Å²) < 4.78 is 5.96. The number of hydrogen-bond donors (Lipinski definition) is 3. The van der Waals surface area contributed by atoms with Gasteiger partial charge in [-0.05, 0) is 25.7 Å². The second-order valence-corrected chi connectivity index (χ2v) is 19.7. The number of esters is 1. The molecular formula is C56H111NO5. The van der Waals surface area contributed by atoms with E-state index in [1.54, 1.807) is 0 Å². The van der Waals surface area contributed by atoms with E-state index < -0.39 is 18.2 Å². The molecule has 0 bridgehead atoms. The van der Waals surface area contributed by atoms with Gasteiger partial charge >= 0.3 is 5.97 Å². The lowest BCUT2D eigenvalue weighted by molar-refractivity contribution is -0.151. The van der Waals surface area contributed by atoms with Gasteiger partial charge in [-0.25, -0.2) is 0 Å². The van der Waals surface area contributed by atoms with Crippen molar-refractivity contribution >= 4 is 11.9 Å². The zero-order chi connectivity index (χ0) is 45.2. The summed E-state index contributed by atoms with van der Waals surface area (Å²) in [6.07, 6.45) is 56.0. The summed E-state index contributed by atoms with van der Waals surface area (Å²) in [7, 11) is 0. The van der Waals surface area contributed by atoms with Gasteiger partial charge < -0.3 is 20.3 Å². The largest absolute Gasteiger partial charge is 0.462 e. The van der Waals surface area contributed by atoms with Crippen LogP contribution in [0, 0.1) is 0 Å². The third kappa shape index (κ3) is 45.4. The maximum atomic E-state index is 13.2. The van der Waals surface area contributed by atoms with Crippen molar-refractivity contribution < 1.29 is 24.5 Å². The van der Waals surface area contributed by atoms with Gasteiger partial charge in [0.15, 0.2) is 0 Å². The maximum absolute atomic E-state index is 13.2. The smallest absolute Gasteiger partial charge is 0.306 e. The van der Waals surface area contributed by atoms with Crippen molar-refractivity contribution in [3.8, 4) is 0 Å². The van der Waals surface area contributed by atoms with Crippen molar-refractivity contribution in [1.29, 1.82) is 0 Å². The minimum Gasteiger partial charge on any atom is -0.462 e. The molecule has 0 rings (SSSR count). The third-order valence-corrected chi connectivity index (χ3v) is 13.4. The van der Waals surface area contributed by atoms with E-state index in [0.717, 1.165) is 38.5 Å². The van der Waals surface area contributed by atoms with E-state index in [1.807, 2.05) is 0 Å². The molecule has 0 aliphatic carbocycles. The average Bonchev–Trinajstić information content (AvgIpc) is 3.26. The molecule has 0 aliphatic heterocycles. The molecule has 62 heavy (non-hydrogen) atoms. The molecule has 0 radical (unpaired) electrons. The highest BCUT2D eigenvalue weighted by Gasteiger charge is 2.24. The van der Waals surface area contributed by atoms with E-state index >= 15 is 0 Å². The molecule has 0 saturated heterocycles. The Morgan fingerprint density at radius 3 is 0.984 bits per heavy atom. The molecule has 3 atom stereocenters. The van der Waals surface area contributed by atoms with Gasteiger partial charge in [-0.1, -0.05) is 284 Å². The van der Waals surface area contributed by atoms with Crippen LogP contribution in [0.2, 0.25) is 0 Å². The number of ether oxygens (including phenoxy) is 1. The molecule has 0 heterocycles. The Kier molecular flexibility index (Phi) is 49.9. The molecule has 6 heteroatoms. The van der Waals surface area contributed by atoms with Gasteiger partial charge in [-0.2, -0.15) is 0 Å². The maximum Gasteiger partial charge on any atom is 0.306 e. The lowest BCUT2D eigenvalue weighted by atomic mass is 10.0. The monoisotopic (exact) mass is 878 g/mol. The first kappa shape index (κ1) is 60.9. The fourth-order valence-corrected chi connectivity index (χ4v) is 9.14. The van der Waals surface area contributed by atoms with Crippen LogP contribution in [-0.4, -0.2) is 46.9 Å². The Morgan fingerprint density at radius 2 is 0.677 bits per heavy atom. The van der Waals surface area contributed by atoms with E-state index in [2.05, 4.69) is 26.1 Å². The van der Waals surface area contributed by atoms with Crippen LogP contribution >= 0.6 is 0 Å². The Labute approximate surface area is 387 Å². The molecule has 0 spiro atoms. The van der Waals surface area contributed by atoms with E-state index in [9.17, 15) is 19.8 Å². The summed E-state index contributed by atoms with van der Waals surface area (Å²) in [6, 6.07) is -0.692. The van der Waals surface area contributed by atoms with Crippen LogP contribution in [0.25, 0.3) is 0 Å².